The highest BCUT2D eigenvalue weighted by Crippen LogP contribution is 2.22. The van der Waals surface area contributed by atoms with Crippen molar-refractivity contribution in [3.05, 3.63) is 17.3 Å². The minimum absolute atomic E-state index is 0.236. The summed E-state index contributed by atoms with van der Waals surface area (Å²) in [5, 5.41) is 3.60. The first kappa shape index (κ1) is 12.1. The van der Waals surface area contributed by atoms with Crippen LogP contribution in [0.5, 0.6) is 0 Å². The lowest BCUT2D eigenvalue weighted by Gasteiger charge is -2.26. The van der Waals surface area contributed by atoms with E-state index in [1.807, 2.05) is 13.8 Å². The number of nitrogens with one attached hydrogen (secondary N) is 1. The predicted octanol–water partition coefficient (Wildman–Crippen LogP) is 2.15. The molecular formula is C10H16ClN3O. The van der Waals surface area contributed by atoms with Crippen LogP contribution in [0.15, 0.2) is 12.1 Å². The maximum Gasteiger partial charge on any atom is 0.151 e. The number of nitrogens with two attached hydrogens (primary N) is 1. The molecule has 1 heterocycles. The second kappa shape index (κ2) is 4.68. The molecule has 3 N–H and O–H groups in total. The molecule has 0 unspecified atom stereocenters. The van der Waals surface area contributed by atoms with Crippen LogP contribution in [-0.4, -0.2) is 24.2 Å². The van der Waals surface area contributed by atoms with Crippen LogP contribution in [-0.2, 0) is 4.74 Å². The van der Waals surface area contributed by atoms with E-state index >= 15 is 0 Å². The van der Waals surface area contributed by atoms with Crippen LogP contribution in [0.1, 0.15) is 13.8 Å². The van der Waals surface area contributed by atoms with Gasteiger partial charge in [-0.15, -0.1) is 0 Å². The third-order valence-corrected chi connectivity index (χ3v) is 2.06. The molecule has 0 aromatic carbocycles. The van der Waals surface area contributed by atoms with Crippen LogP contribution >= 0.6 is 11.6 Å². The predicted molar refractivity (Wildman–Crippen MR) is 63.2 cm³/mol. The van der Waals surface area contributed by atoms with Crippen LogP contribution in [0.25, 0.3) is 0 Å². The van der Waals surface area contributed by atoms with Crippen LogP contribution in [0.2, 0.25) is 5.15 Å². The van der Waals surface area contributed by atoms with Gasteiger partial charge in [0, 0.05) is 7.11 Å². The molecule has 1 rings (SSSR count). The number of aromatic nitrogens is 1. The van der Waals surface area contributed by atoms with Crippen molar-refractivity contribution in [2.24, 2.45) is 0 Å². The number of pyridine rings is 1. The standard InChI is InChI=1S/C10H16ClN3O/c1-10(2,6-15-3)14-9-7(12)4-5-8(11)13-9/h4-5H,6,12H2,1-3H3,(H,13,14). The quantitative estimate of drug-likeness (QED) is 0.777. The van der Waals surface area contributed by atoms with E-state index in [0.717, 1.165) is 0 Å². The summed E-state index contributed by atoms with van der Waals surface area (Å²) in [6.45, 7) is 4.55. The van der Waals surface area contributed by atoms with Crippen LogP contribution in [0.3, 0.4) is 0 Å². The van der Waals surface area contributed by atoms with Crippen molar-refractivity contribution in [2.75, 3.05) is 24.8 Å². The van der Waals surface area contributed by atoms with Crippen molar-refractivity contribution in [3.8, 4) is 0 Å². The number of hydrogen-bond donors (Lipinski definition) is 2. The Hall–Kier alpha value is -1.00. The fourth-order valence-corrected chi connectivity index (χ4v) is 1.41. The lowest BCUT2D eigenvalue weighted by Crippen LogP contribution is -2.36. The Morgan fingerprint density at radius 1 is 1.53 bits per heavy atom. The summed E-state index contributed by atoms with van der Waals surface area (Å²) in [5.74, 6) is 0.588. The topological polar surface area (TPSA) is 60.2 Å². The molecule has 1 aromatic rings. The molecule has 0 spiro atoms. The van der Waals surface area contributed by atoms with Gasteiger partial charge in [0.15, 0.2) is 5.82 Å². The van der Waals surface area contributed by atoms with Crippen molar-refractivity contribution in [3.63, 3.8) is 0 Å². The molecule has 0 aliphatic heterocycles. The average molecular weight is 230 g/mol. The zero-order valence-electron chi connectivity index (χ0n) is 9.17. The highest BCUT2D eigenvalue weighted by Gasteiger charge is 2.18. The molecule has 5 heteroatoms. The molecule has 84 valence electrons. The van der Waals surface area contributed by atoms with Crippen molar-refractivity contribution < 1.29 is 4.74 Å². The van der Waals surface area contributed by atoms with Gasteiger partial charge in [-0.2, -0.15) is 0 Å². The Morgan fingerprint density at radius 2 is 2.20 bits per heavy atom. The van der Waals surface area contributed by atoms with E-state index in [-0.39, 0.29) is 5.54 Å². The third-order valence-electron chi connectivity index (χ3n) is 1.85. The molecule has 0 aliphatic carbocycles. The van der Waals surface area contributed by atoms with Crippen molar-refractivity contribution >= 4 is 23.1 Å². The molecule has 15 heavy (non-hydrogen) atoms. The Morgan fingerprint density at radius 3 is 2.80 bits per heavy atom. The highest BCUT2D eigenvalue weighted by atomic mass is 35.5. The molecule has 0 radical (unpaired) electrons. The second-order valence-electron chi connectivity index (χ2n) is 4.01. The third kappa shape index (κ3) is 3.57. The van der Waals surface area contributed by atoms with Crippen molar-refractivity contribution in [1.82, 2.24) is 4.98 Å². The zero-order chi connectivity index (χ0) is 11.5. The number of methoxy groups -OCH3 is 1. The number of nitrogens with zero attached hydrogens (tertiary/aromatic N) is 1. The van der Waals surface area contributed by atoms with E-state index in [2.05, 4.69) is 10.3 Å². The van der Waals surface area contributed by atoms with Crippen molar-refractivity contribution in [2.45, 2.75) is 19.4 Å². The summed E-state index contributed by atoms with van der Waals surface area (Å²) in [5.41, 5.74) is 6.11. The first-order valence-electron chi connectivity index (χ1n) is 4.64. The Balaban J connectivity index is 2.83. The first-order valence-corrected chi connectivity index (χ1v) is 5.01. The molecule has 4 nitrogen and oxygen atoms in total. The van der Waals surface area contributed by atoms with E-state index in [4.69, 9.17) is 22.1 Å². The summed E-state index contributed by atoms with van der Waals surface area (Å²) in [6.07, 6.45) is 0. The number of anilines is 2. The number of rotatable bonds is 4. The Kier molecular flexibility index (Phi) is 3.77. The fraction of sp³-hybridized carbons (Fsp3) is 0.500. The van der Waals surface area contributed by atoms with Gasteiger partial charge in [0.25, 0.3) is 0 Å². The number of nitrogen functional groups attached to an aromatic ring is 1. The monoisotopic (exact) mass is 229 g/mol. The van der Waals surface area contributed by atoms with E-state index in [0.29, 0.717) is 23.3 Å². The molecule has 0 saturated carbocycles. The van der Waals surface area contributed by atoms with Crippen LogP contribution < -0.4 is 11.1 Å². The smallest absolute Gasteiger partial charge is 0.151 e. The highest BCUT2D eigenvalue weighted by molar-refractivity contribution is 6.29. The van der Waals surface area contributed by atoms with Crippen LogP contribution in [0, 0.1) is 0 Å². The molecule has 0 atom stereocenters. The minimum Gasteiger partial charge on any atom is -0.396 e. The number of halogens is 1. The van der Waals surface area contributed by atoms with Gasteiger partial charge in [0.05, 0.1) is 17.8 Å². The molecule has 0 saturated heterocycles. The maximum atomic E-state index is 5.78. The summed E-state index contributed by atoms with van der Waals surface area (Å²) >= 11 is 5.78. The summed E-state index contributed by atoms with van der Waals surface area (Å²) in [6, 6.07) is 3.38. The maximum absolute atomic E-state index is 5.78. The largest absolute Gasteiger partial charge is 0.396 e. The zero-order valence-corrected chi connectivity index (χ0v) is 9.93. The van der Waals surface area contributed by atoms with Gasteiger partial charge in [-0.3, -0.25) is 0 Å². The summed E-state index contributed by atoms with van der Waals surface area (Å²) < 4.78 is 5.08. The van der Waals surface area contributed by atoms with Crippen LogP contribution in [0.4, 0.5) is 11.5 Å². The SMILES string of the molecule is COCC(C)(C)Nc1nc(Cl)ccc1N. The van der Waals surface area contributed by atoms with Gasteiger partial charge >= 0.3 is 0 Å². The van der Waals surface area contributed by atoms with Gasteiger partial charge in [0.1, 0.15) is 5.15 Å². The second-order valence-corrected chi connectivity index (χ2v) is 4.40. The lowest BCUT2D eigenvalue weighted by molar-refractivity contribution is 0.158. The van der Waals surface area contributed by atoms with E-state index < -0.39 is 0 Å². The van der Waals surface area contributed by atoms with Gasteiger partial charge < -0.3 is 15.8 Å². The van der Waals surface area contributed by atoms with E-state index in [1.165, 1.54) is 0 Å². The fourth-order valence-electron chi connectivity index (χ4n) is 1.26. The van der Waals surface area contributed by atoms with Gasteiger partial charge in [-0.05, 0) is 26.0 Å². The molecule has 0 bridgehead atoms. The number of hydrogen-bond acceptors (Lipinski definition) is 4. The van der Waals surface area contributed by atoms with E-state index in [9.17, 15) is 0 Å². The van der Waals surface area contributed by atoms with Gasteiger partial charge in [-0.25, -0.2) is 4.98 Å². The lowest BCUT2D eigenvalue weighted by atomic mass is 10.1. The number of ether oxygens (including phenoxy) is 1. The molecule has 0 amide bonds. The minimum atomic E-state index is -0.236. The summed E-state index contributed by atoms with van der Waals surface area (Å²) in [7, 11) is 1.65. The normalized spacial score (nSPS) is 11.5. The first-order chi connectivity index (χ1) is 6.94. The molecule has 1 aromatic heterocycles. The molecule has 0 fully saturated rings. The average Bonchev–Trinajstić information content (AvgIpc) is 2.10. The van der Waals surface area contributed by atoms with Gasteiger partial charge in [0.2, 0.25) is 0 Å². The Labute approximate surface area is 94.8 Å². The summed E-state index contributed by atoms with van der Waals surface area (Å²) in [4.78, 5) is 4.11. The van der Waals surface area contributed by atoms with E-state index in [1.54, 1.807) is 19.2 Å². The van der Waals surface area contributed by atoms with Crippen molar-refractivity contribution in [1.29, 1.82) is 0 Å². The molecular weight excluding hydrogens is 214 g/mol. The molecule has 0 aliphatic rings. The van der Waals surface area contributed by atoms with Gasteiger partial charge in [-0.1, -0.05) is 11.6 Å². The Bertz CT molecular complexity index is 341.